The molecule has 3 N–H and O–H groups in total. The van der Waals surface area contributed by atoms with E-state index in [0.29, 0.717) is 0 Å². The number of amides is 2. The van der Waals surface area contributed by atoms with Crippen LogP contribution in [0.3, 0.4) is 0 Å². The highest BCUT2D eigenvalue weighted by atomic mass is 19.1. The van der Waals surface area contributed by atoms with Crippen molar-refractivity contribution >= 4 is 11.8 Å². The van der Waals surface area contributed by atoms with Gasteiger partial charge in [0.1, 0.15) is 11.6 Å². The molecule has 2 amide bonds. The molecule has 0 fully saturated rings. The molecule has 5 nitrogen and oxygen atoms in total. The third-order valence-corrected chi connectivity index (χ3v) is 2.56. The third kappa shape index (κ3) is 2.92. The fourth-order valence-corrected chi connectivity index (χ4v) is 1.56. The maximum atomic E-state index is 13.3. The molecule has 2 rings (SSSR count). The SMILES string of the molecule is O=C(NNC(=O)c1ccccc1F)c1ccccc1O. The topological polar surface area (TPSA) is 78.4 Å². The van der Waals surface area contributed by atoms with Crippen molar-refractivity contribution in [2.24, 2.45) is 0 Å². The highest BCUT2D eigenvalue weighted by molar-refractivity contribution is 6.00. The van der Waals surface area contributed by atoms with Crippen molar-refractivity contribution in [1.29, 1.82) is 0 Å². The Kier molecular flexibility index (Phi) is 3.95. The van der Waals surface area contributed by atoms with Crippen LogP contribution in [0.15, 0.2) is 48.5 Å². The van der Waals surface area contributed by atoms with Crippen LogP contribution < -0.4 is 10.9 Å². The molecule has 0 saturated carbocycles. The molecule has 0 saturated heterocycles. The molecule has 0 unspecified atom stereocenters. The van der Waals surface area contributed by atoms with Crippen molar-refractivity contribution in [3.05, 3.63) is 65.5 Å². The normalized spacial score (nSPS) is 9.85. The van der Waals surface area contributed by atoms with Crippen LogP contribution in [0.4, 0.5) is 4.39 Å². The van der Waals surface area contributed by atoms with Gasteiger partial charge in [-0.2, -0.15) is 0 Å². The number of hydrogen-bond acceptors (Lipinski definition) is 3. The van der Waals surface area contributed by atoms with E-state index in [4.69, 9.17) is 0 Å². The first-order chi connectivity index (χ1) is 9.59. The standard InChI is InChI=1S/C14H11FN2O3/c15-11-7-3-1-5-9(11)13(19)16-17-14(20)10-6-2-4-8-12(10)18/h1-8,18H,(H,16,19)(H,17,20). The summed E-state index contributed by atoms with van der Waals surface area (Å²) in [4.78, 5) is 23.4. The lowest BCUT2D eigenvalue weighted by Crippen LogP contribution is -2.41. The molecule has 102 valence electrons. The van der Waals surface area contributed by atoms with Crippen molar-refractivity contribution in [2.45, 2.75) is 0 Å². The first kappa shape index (κ1) is 13.5. The Balaban J connectivity index is 2.03. The van der Waals surface area contributed by atoms with E-state index in [1.165, 1.54) is 30.3 Å². The molecule has 0 radical (unpaired) electrons. The van der Waals surface area contributed by atoms with Gasteiger partial charge in [-0.1, -0.05) is 24.3 Å². The number of hydrazine groups is 1. The lowest BCUT2D eigenvalue weighted by Gasteiger charge is -2.08. The quantitative estimate of drug-likeness (QED) is 0.728. The molecule has 0 aromatic heterocycles. The Morgan fingerprint density at radius 1 is 0.850 bits per heavy atom. The molecule has 0 bridgehead atoms. The van der Waals surface area contributed by atoms with Crippen LogP contribution in [-0.4, -0.2) is 16.9 Å². The minimum absolute atomic E-state index is 0.00123. The second kappa shape index (κ2) is 5.83. The van der Waals surface area contributed by atoms with Gasteiger partial charge in [-0.05, 0) is 24.3 Å². The smallest absolute Gasteiger partial charge is 0.273 e. The number of para-hydroxylation sites is 1. The largest absolute Gasteiger partial charge is 0.507 e. The van der Waals surface area contributed by atoms with Crippen LogP contribution in [0.1, 0.15) is 20.7 Å². The molecule has 0 aliphatic rings. The summed E-state index contributed by atoms with van der Waals surface area (Å²) in [7, 11) is 0. The number of phenolic OH excluding ortho intramolecular Hbond substituents is 1. The van der Waals surface area contributed by atoms with E-state index in [-0.39, 0.29) is 16.9 Å². The number of carbonyl (C=O) groups is 2. The molecule has 20 heavy (non-hydrogen) atoms. The zero-order valence-electron chi connectivity index (χ0n) is 10.3. The van der Waals surface area contributed by atoms with E-state index in [1.54, 1.807) is 12.1 Å². The molecule has 2 aromatic carbocycles. The molecule has 2 aromatic rings. The average molecular weight is 274 g/mol. The van der Waals surface area contributed by atoms with E-state index >= 15 is 0 Å². The molecule has 0 aliphatic heterocycles. The average Bonchev–Trinajstić information content (AvgIpc) is 2.45. The molecule has 0 aliphatic carbocycles. The van der Waals surface area contributed by atoms with Gasteiger partial charge >= 0.3 is 0 Å². The fraction of sp³-hybridized carbons (Fsp3) is 0. The van der Waals surface area contributed by atoms with Gasteiger partial charge in [0, 0.05) is 0 Å². The predicted molar refractivity (Wildman–Crippen MR) is 69.4 cm³/mol. The Morgan fingerprint density at radius 3 is 1.95 bits per heavy atom. The van der Waals surface area contributed by atoms with E-state index in [0.717, 1.165) is 6.07 Å². The van der Waals surface area contributed by atoms with Gasteiger partial charge in [0.2, 0.25) is 0 Å². The molecular formula is C14H11FN2O3. The minimum Gasteiger partial charge on any atom is -0.507 e. The fourth-order valence-electron chi connectivity index (χ4n) is 1.56. The Morgan fingerprint density at radius 2 is 1.35 bits per heavy atom. The Bertz CT molecular complexity index is 601. The number of benzene rings is 2. The highest BCUT2D eigenvalue weighted by Crippen LogP contribution is 2.14. The second-order valence-corrected chi connectivity index (χ2v) is 3.91. The molecule has 0 spiro atoms. The van der Waals surface area contributed by atoms with E-state index in [9.17, 15) is 19.1 Å². The number of aromatic hydroxyl groups is 1. The summed E-state index contributed by atoms with van der Waals surface area (Å²) in [5.41, 5.74) is 3.99. The van der Waals surface area contributed by atoms with Crippen LogP contribution in [0.2, 0.25) is 0 Å². The summed E-state index contributed by atoms with van der Waals surface area (Å²) < 4.78 is 13.3. The first-order valence-corrected chi connectivity index (χ1v) is 5.73. The van der Waals surface area contributed by atoms with Gasteiger partial charge < -0.3 is 5.11 Å². The number of carbonyl (C=O) groups excluding carboxylic acids is 2. The highest BCUT2D eigenvalue weighted by Gasteiger charge is 2.14. The number of nitrogens with one attached hydrogen (secondary N) is 2. The second-order valence-electron chi connectivity index (χ2n) is 3.91. The third-order valence-electron chi connectivity index (χ3n) is 2.56. The van der Waals surface area contributed by atoms with Crippen molar-refractivity contribution in [3.63, 3.8) is 0 Å². The lowest BCUT2D eigenvalue weighted by molar-refractivity contribution is 0.0842. The van der Waals surface area contributed by atoms with Crippen molar-refractivity contribution in [1.82, 2.24) is 10.9 Å². The van der Waals surface area contributed by atoms with Crippen LogP contribution >= 0.6 is 0 Å². The summed E-state index contributed by atoms with van der Waals surface area (Å²) >= 11 is 0. The van der Waals surface area contributed by atoms with E-state index in [1.807, 2.05) is 0 Å². The minimum atomic E-state index is -0.785. The predicted octanol–water partition coefficient (Wildman–Crippen LogP) is 1.61. The van der Waals surface area contributed by atoms with Gasteiger partial charge in [-0.15, -0.1) is 0 Å². The van der Waals surface area contributed by atoms with Crippen molar-refractivity contribution in [3.8, 4) is 5.75 Å². The summed E-state index contributed by atoms with van der Waals surface area (Å²) in [6, 6.07) is 11.2. The number of halogens is 1. The van der Waals surface area contributed by atoms with Gasteiger partial charge in [0.05, 0.1) is 11.1 Å². The Labute approximate surface area is 114 Å². The molecular weight excluding hydrogens is 263 g/mol. The summed E-state index contributed by atoms with van der Waals surface area (Å²) in [5.74, 6) is -2.40. The first-order valence-electron chi connectivity index (χ1n) is 5.73. The zero-order chi connectivity index (χ0) is 14.5. The number of rotatable bonds is 2. The van der Waals surface area contributed by atoms with Gasteiger partial charge in [0.15, 0.2) is 0 Å². The summed E-state index contributed by atoms with van der Waals surface area (Å²) in [5, 5.41) is 9.47. The van der Waals surface area contributed by atoms with Crippen LogP contribution in [0.25, 0.3) is 0 Å². The van der Waals surface area contributed by atoms with Gasteiger partial charge in [-0.3, -0.25) is 20.4 Å². The van der Waals surface area contributed by atoms with Crippen molar-refractivity contribution < 1.29 is 19.1 Å². The maximum Gasteiger partial charge on any atom is 0.273 e. The summed E-state index contributed by atoms with van der Waals surface area (Å²) in [6.45, 7) is 0. The lowest BCUT2D eigenvalue weighted by atomic mass is 10.2. The Hall–Kier alpha value is -2.89. The number of hydrogen-bond donors (Lipinski definition) is 3. The summed E-state index contributed by atoms with van der Waals surface area (Å²) in [6.07, 6.45) is 0. The molecule has 6 heteroatoms. The van der Waals surface area contributed by atoms with E-state index in [2.05, 4.69) is 10.9 Å². The maximum absolute atomic E-state index is 13.3. The van der Waals surface area contributed by atoms with Gasteiger partial charge in [0.25, 0.3) is 11.8 Å². The van der Waals surface area contributed by atoms with E-state index < -0.39 is 17.6 Å². The molecule has 0 atom stereocenters. The monoisotopic (exact) mass is 274 g/mol. The van der Waals surface area contributed by atoms with Crippen molar-refractivity contribution in [2.75, 3.05) is 0 Å². The zero-order valence-corrected chi connectivity index (χ0v) is 10.3. The number of phenols is 1. The molecule has 0 heterocycles. The van der Waals surface area contributed by atoms with Crippen LogP contribution in [0.5, 0.6) is 5.75 Å². The van der Waals surface area contributed by atoms with Gasteiger partial charge in [-0.25, -0.2) is 4.39 Å². The van der Waals surface area contributed by atoms with Crippen LogP contribution in [-0.2, 0) is 0 Å². The van der Waals surface area contributed by atoms with Crippen LogP contribution in [0, 0.1) is 5.82 Å².